The largest absolute Gasteiger partial charge is 0.506 e. The Bertz CT molecular complexity index is 1500. The van der Waals surface area contributed by atoms with Crippen molar-refractivity contribution in [3.05, 3.63) is 157 Å². The van der Waals surface area contributed by atoms with E-state index in [-0.39, 0.29) is 5.75 Å². The maximum absolute atomic E-state index is 13.8. The van der Waals surface area contributed by atoms with Crippen molar-refractivity contribution in [3.8, 4) is 5.75 Å². The molecule has 0 bridgehead atoms. The van der Waals surface area contributed by atoms with Crippen molar-refractivity contribution in [3.63, 3.8) is 0 Å². The third-order valence-electron chi connectivity index (χ3n) is 7.13. The van der Waals surface area contributed by atoms with Gasteiger partial charge in [-0.05, 0) is 33.3 Å². The molecule has 2 atom stereocenters. The molecule has 0 heterocycles. The highest BCUT2D eigenvalue weighted by atomic mass is 28.4. The number of methoxy groups -OCH3 is 1. The predicted octanol–water partition coefficient (Wildman–Crippen LogP) is 5.11. The average molecular weight is 572 g/mol. The Morgan fingerprint density at radius 1 is 0.690 bits per heavy atom. The zero-order valence-corrected chi connectivity index (χ0v) is 24.3. The van der Waals surface area contributed by atoms with Gasteiger partial charge in [0.05, 0.1) is 18.8 Å². The van der Waals surface area contributed by atoms with Crippen molar-refractivity contribution in [1.29, 1.82) is 0 Å². The third kappa shape index (κ3) is 6.36. The minimum Gasteiger partial charge on any atom is -0.506 e. The Morgan fingerprint density at radius 2 is 1.14 bits per heavy atom. The summed E-state index contributed by atoms with van der Waals surface area (Å²) in [6.07, 6.45) is 2.75. The highest BCUT2D eigenvalue weighted by Gasteiger charge is 2.47. The number of aromatic hydroxyl groups is 1. The first kappa shape index (κ1) is 28.6. The number of carbonyl (C=O) groups excluding carboxylic acids is 1. The van der Waals surface area contributed by atoms with Crippen molar-refractivity contribution in [2.75, 3.05) is 12.4 Å². The topological polar surface area (TPSA) is 67.8 Å². The van der Waals surface area contributed by atoms with E-state index in [1.54, 1.807) is 18.2 Å². The van der Waals surface area contributed by atoms with Gasteiger partial charge in [-0.1, -0.05) is 146 Å². The van der Waals surface area contributed by atoms with Crippen LogP contribution in [-0.2, 0) is 14.0 Å². The van der Waals surface area contributed by atoms with E-state index in [0.29, 0.717) is 5.69 Å². The number of phenols is 1. The zero-order chi connectivity index (χ0) is 29.2. The van der Waals surface area contributed by atoms with Crippen LogP contribution in [0.15, 0.2) is 152 Å². The smallest absolute Gasteiger partial charge is 0.336 e. The minimum atomic E-state index is -3.31. The van der Waals surface area contributed by atoms with E-state index in [9.17, 15) is 9.90 Å². The molecule has 0 radical (unpaired) electrons. The number of nitrogens with one attached hydrogen (secondary N) is 1. The number of esters is 1. The van der Waals surface area contributed by atoms with Crippen LogP contribution >= 0.6 is 0 Å². The highest BCUT2D eigenvalue weighted by Crippen LogP contribution is 2.26. The number of benzene rings is 5. The molecule has 0 spiro atoms. The van der Waals surface area contributed by atoms with E-state index in [2.05, 4.69) is 41.7 Å². The molecule has 210 valence electrons. The molecule has 0 aromatic heterocycles. The molecule has 0 aliphatic heterocycles. The number of phenolic OH excluding ortho intramolecular Hbond substituents is 1. The lowest BCUT2D eigenvalue weighted by Crippen LogP contribution is -2.72. The van der Waals surface area contributed by atoms with Crippen LogP contribution in [0.3, 0.4) is 0 Å². The summed E-state index contributed by atoms with van der Waals surface area (Å²) >= 11 is 0. The molecule has 2 N–H and O–H groups in total. The monoisotopic (exact) mass is 571 g/mol. The molecule has 0 saturated carbocycles. The first-order valence-electron chi connectivity index (χ1n) is 13.8. The van der Waals surface area contributed by atoms with Crippen molar-refractivity contribution < 1.29 is 19.1 Å². The van der Waals surface area contributed by atoms with Gasteiger partial charge in [0.2, 0.25) is 0 Å². The fourth-order valence-electron chi connectivity index (χ4n) is 5.08. The van der Waals surface area contributed by atoms with Gasteiger partial charge in [-0.2, -0.15) is 0 Å². The van der Waals surface area contributed by atoms with E-state index in [0.717, 1.165) is 21.1 Å². The molecular formula is C36H33NO4Si. The minimum absolute atomic E-state index is 0.0666. The van der Waals surface area contributed by atoms with Crippen LogP contribution in [0, 0.1) is 0 Å². The number of hydrogen-bond donors (Lipinski definition) is 2. The summed E-state index contributed by atoms with van der Waals surface area (Å²) in [6, 6.07) is 46.3. The maximum atomic E-state index is 13.8. The third-order valence-corrected chi connectivity index (χ3v) is 11.2. The van der Waals surface area contributed by atoms with Crippen LogP contribution in [0.1, 0.15) is 5.56 Å². The normalized spacial score (nSPS) is 12.9. The summed E-state index contributed by atoms with van der Waals surface area (Å²) in [4.78, 5) is 13.8. The van der Waals surface area contributed by atoms with Gasteiger partial charge >= 0.3 is 5.97 Å². The molecule has 5 nitrogen and oxygen atoms in total. The van der Waals surface area contributed by atoms with Gasteiger partial charge in [0, 0.05) is 0 Å². The average Bonchev–Trinajstić information content (AvgIpc) is 3.06. The second-order valence-corrected chi connectivity index (χ2v) is 13.1. The lowest BCUT2D eigenvalue weighted by atomic mass is 10.1. The molecule has 0 saturated heterocycles. The van der Waals surface area contributed by atoms with E-state index in [4.69, 9.17) is 9.16 Å². The second kappa shape index (κ2) is 13.6. The SMILES string of the molecule is COC(=O)[C@H](O[Si](c1ccccc1)(c1ccccc1)c1ccccc1)[C@H](/C=C/c1ccccc1)Nc1ccccc1O. The van der Waals surface area contributed by atoms with Crippen LogP contribution < -0.4 is 20.9 Å². The molecule has 0 unspecified atom stereocenters. The van der Waals surface area contributed by atoms with Crippen LogP contribution in [-0.4, -0.2) is 38.6 Å². The van der Waals surface area contributed by atoms with Gasteiger partial charge in [-0.3, -0.25) is 0 Å². The second-order valence-electron chi connectivity index (χ2n) is 9.80. The lowest BCUT2D eigenvalue weighted by molar-refractivity contribution is -0.149. The van der Waals surface area contributed by atoms with Crippen LogP contribution in [0.4, 0.5) is 5.69 Å². The predicted molar refractivity (Wildman–Crippen MR) is 172 cm³/mol. The Morgan fingerprint density at radius 3 is 1.62 bits per heavy atom. The standard InChI is InChI=1S/C36H33NO4Si/c1-40-36(39)35(33(27-26-28-16-6-2-7-17-28)37-32-24-14-15-25-34(32)38)41-42(29-18-8-3-9-19-29,30-20-10-4-11-21-30)31-22-12-5-13-23-31/h2-27,33,35,37-38H,1H3/b27-26+/t33-,35+/m0/s1. The summed E-state index contributed by atoms with van der Waals surface area (Å²) in [5.41, 5.74) is 1.44. The van der Waals surface area contributed by atoms with Gasteiger partial charge in [-0.25, -0.2) is 4.79 Å². The Hall–Kier alpha value is -4.91. The molecule has 5 rings (SSSR count). The fraction of sp³-hybridized carbons (Fsp3) is 0.0833. The summed E-state index contributed by atoms with van der Waals surface area (Å²) in [5.74, 6) is -0.461. The molecule has 0 aliphatic carbocycles. The van der Waals surface area contributed by atoms with E-state index < -0.39 is 26.4 Å². The molecular weight excluding hydrogens is 538 g/mol. The van der Waals surface area contributed by atoms with Gasteiger partial charge in [0.15, 0.2) is 6.10 Å². The van der Waals surface area contributed by atoms with Gasteiger partial charge in [0.25, 0.3) is 8.32 Å². The van der Waals surface area contributed by atoms with Crippen LogP contribution in [0.2, 0.25) is 0 Å². The number of rotatable bonds is 11. The van der Waals surface area contributed by atoms with E-state index in [1.165, 1.54) is 7.11 Å². The first-order chi connectivity index (χ1) is 20.6. The van der Waals surface area contributed by atoms with Gasteiger partial charge < -0.3 is 19.6 Å². The van der Waals surface area contributed by atoms with Crippen molar-refractivity contribution >= 4 is 41.6 Å². The quantitative estimate of drug-likeness (QED) is 0.0998. The molecule has 0 amide bonds. The fourth-order valence-corrected chi connectivity index (χ4v) is 9.09. The van der Waals surface area contributed by atoms with Crippen LogP contribution in [0.25, 0.3) is 6.08 Å². The van der Waals surface area contributed by atoms with E-state index >= 15 is 0 Å². The first-order valence-corrected chi connectivity index (χ1v) is 15.7. The number of ether oxygens (including phenoxy) is 1. The van der Waals surface area contributed by atoms with Gasteiger partial charge in [-0.15, -0.1) is 0 Å². The van der Waals surface area contributed by atoms with Gasteiger partial charge in [0.1, 0.15) is 5.75 Å². The summed E-state index contributed by atoms with van der Waals surface area (Å²) in [5, 5.41) is 17.0. The Labute approximate surface area is 247 Å². The highest BCUT2D eigenvalue weighted by molar-refractivity contribution is 7.07. The Balaban J connectivity index is 1.70. The molecule has 6 heteroatoms. The molecule has 42 heavy (non-hydrogen) atoms. The number of anilines is 1. The lowest BCUT2D eigenvalue weighted by Gasteiger charge is -2.38. The maximum Gasteiger partial charge on any atom is 0.336 e. The zero-order valence-electron chi connectivity index (χ0n) is 23.3. The molecule has 0 fully saturated rings. The molecule has 0 aliphatic rings. The number of carbonyl (C=O) groups is 1. The van der Waals surface area contributed by atoms with Crippen molar-refractivity contribution in [2.24, 2.45) is 0 Å². The summed E-state index contributed by atoms with van der Waals surface area (Å²) in [6.45, 7) is 0. The summed E-state index contributed by atoms with van der Waals surface area (Å²) < 4.78 is 12.7. The number of para-hydroxylation sites is 2. The Kier molecular flexibility index (Phi) is 9.29. The molecule has 5 aromatic rings. The summed E-state index contributed by atoms with van der Waals surface area (Å²) in [7, 11) is -1.94. The van der Waals surface area contributed by atoms with E-state index in [1.807, 2.05) is 103 Å². The molecule has 5 aromatic carbocycles. The van der Waals surface area contributed by atoms with Crippen molar-refractivity contribution in [1.82, 2.24) is 0 Å². The van der Waals surface area contributed by atoms with Crippen LogP contribution in [0.5, 0.6) is 5.75 Å². The number of hydrogen-bond acceptors (Lipinski definition) is 5. The van der Waals surface area contributed by atoms with Crippen molar-refractivity contribution in [2.45, 2.75) is 12.1 Å².